The number of phenols is 1. The van der Waals surface area contributed by atoms with Crippen molar-refractivity contribution < 1.29 is 24.2 Å². The van der Waals surface area contributed by atoms with E-state index in [2.05, 4.69) is 0 Å². The van der Waals surface area contributed by atoms with Crippen LogP contribution < -0.4 is 9.47 Å². The van der Waals surface area contributed by atoms with Gasteiger partial charge < -0.3 is 24.4 Å². The summed E-state index contributed by atoms with van der Waals surface area (Å²) < 4.78 is 10.9. The van der Waals surface area contributed by atoms with Crippen molar-refractivity contribution in [1.29, 1.82) is 0 Å². The van der Waals surface area contributed by atoms with Gasteiger partial charge in [-0.15, -0.1) is 0 Å². The van der Waals surface area contributed by atoms with Crippen LogP contribution in [0.1, 0.15) is 0 Å². The number of rotatable bonds is 6. The number of carbonyl (C=O) groups excluding carboxylic acids is 2. The van der Waals surface area contributed by atoms with Crippen molar-refractivity contribution in [2.24, 2.45) is 0 Å². The fourth-order valence-electron chi connectivity index (χ4n) is 2.77. The molecule has 3 rings (SSSR count). The minimum atomic E-state index is -0.175. The molecule has 142 valence electrons. The third-order valence-electron chi connectivity index (χ3n) is 4.31. The van der Waals surface area contributed by atoms with Gasteiger partial charge in [0.1, 0.15) is 5.75 Å². The highest BCUT2D eigenvalue weighted by atomic mass is 16.5. The summed E-state index contributed by atoms with van der Waals surface area (Å²) in [5.74, 6) is 0.653. The number of benzene rings is 2. The van der Waals surface area contributed by atoms with E-state index in [9.17, 15) is 14.7 Å². The molecule has 1 fully saturated rings. The molecule has 1 N–H and O–H groups in total. The smallest absolute Gasteiger partial charge is 0.260 e. The van der Waals surface area contributed by atoms with E-state index in [-0.39, 0.29) is 36.5 Å². The van der Waals surface area contributed by atoms with Gasteiger partial charge in [-0.25, -0.2) is 0 Å². The van der Waals surface area contributed by atoms with Crippen molar-refractivity contribution in [3.05, 3.63) is 54.6 Å². The lowest BCUT2D eigenvalue weighted by molar-refractivity contribution is -0.141. The minimum absolute atomic E-state index is 0.000804. The summed E-state index contributed by atoms with van der Waals surface area (Å²) in [7, 11) is 0. The first-order valence-corrected chi connectivity index (χ1v) is 8.77. The number of aromatic hydroxyl groups is 1. The Labute approximate surface area is 157 Å². The van der Waals surface area contributed by atoms with Crippen LogP contribution in [0.15, 0.2) is 54.6 Å². The topological polar surface area (TPSA) is 79.3 Å². The zero-order valence-corrected chi connectivity index (χ0v) is 14.9. The maximum atomic E-state index is 12.3. The first kappa shape index (κ1) is 18.6. The van der Waals surface area contributed by atoms with Gasteiger partial charge in [0.05, 0.1) is 0 Å². The number of ether oxygens (including phenoxy) is 2. The summed E-state index contributed by atoms with van der Waals surface area (Å²) in [5.41, 5.74) is 0. The second-order valence-corrected chi connectivity index (χ2v) is 6.12. The Morgan fingerprint density at radius 1 is 0.778 bits per heavy atom. The third kappa shape index (κ3) is 5.13. The molecule has 2 aromatic rings. The molecule has 2 aromatic carbocycles. The maximum Gasteiger partial charge on any atom is 0.260 e. The van der Waals surface area contributed by atoms with Crippen molar-refractivity contribution >= 4 is 11.8 Å². The summed E-state index contributed by atoms with van der Waals surface area (Å²) >= 11 is 0. The largest absolute Gasteiger partial charge is 0.504 e. The van der Waals surface area contributed by atoms with Gasteiger partial charge in [-0.2, -0.15) is 0 Å². The van der Waals surface area contributed by atoms with Crippen LogP contribution in [0.25, 0.3) is 0 Å². The molecule has 0 saturated carbocycles. The Morgan fingerprint density at radius 2 is 1.30 bits per heavy atom. The summed E-state index contributed by atoms with van der Waals surface area (Å²) in [4.78, 5) is 27.8. The van der Waals surface area contributed by atoms with E-state index in [0.29, 0.717) is 31.9 Å². The van der Waals surface area contributed by atoms with Crippen molar-refractivity contribution in [2.45, 2.75) is 0 Å². The highest BCUT2D eigenvalue weighted by Crippen LogP contribution is 2.24. The monoisotopic (exact) mass is 370 g/mol. The molecule has 1 saturated heterocycles. The summed E-state index contributed by atoms with van der Waals surface area (Å²) in [6.45, 7) is 1.63. The average Bonchev–Trinajstić information content (AvgIpc) is 2.72. The molecule has 0 bridgehead atoms. The normalized spacial score (nSPS) is 13.9. The first-order chi connectivity index (χ1) is 13.1. The molecule has 7 heteroatoms. The van der Waals surface area contributed by atoms with Crippen molar-refractivity contribution in [3.63, 3.8) is 0 Å². The number of hydrogen-bond donors (Lipinski definition) is 1. The summed E-state index contributed by atoms with van der Waals surface area (Å²) in [5, 5.41) is 9.66. The Kier molecular flexibility index (Phi) is 6.14. The van der Waals surface area contributed by atoms with Gasteiger partial charge in [-0.05, 0) is 24.3 Å². The van der Waals surface area contributed by atoms with Gasteiger partial charge >= 0.3 is 0 Å². The van der Waals surface area contributed by atoms with E-state index < -0.39 is 0 Å². The zero-order chi connectivity index (χ0) is 19.1. The summed E-state index contributed by atoms with van der Waals surface area (Å²) in [6, 6.07) is 15.7. The molecule has 0 aromatic heterocycles. The molecular formula is C20H22N2O5. The number of nitrogens with zero attached hydrogens (tertiary/aromatic N) is 2. The van der Waals surface area contributed by atoms with E-state index >= 15 is 0 Å². The molecule has 1 aliphatic rings. The lowest BCUT2D eigenvalue weighted by Gasteiger charge is -2.34. The fourth-order valence-corrected chi connectivity index (χ4v) is 2.77. The highest BCUT2D eigenvalue weighted by molar-refractivity contribution is 5.80. The van der Waals surface area contributed by atoms with Gasteiger partial charge in [0.25, 0.3) is 11.8 Å². The van der Waals surface area contributed by atoms with Crippen LogP contribution in [0.3, 0.4) is 0 Å². The maximum absolute atomic E-state index is 12.3. The Hall–Kier alpha value is -3.22. The molecule has 2 amide bonds. The predicted octanol–water partition coefficient (Wildman–Crippen LogP) is 1.52. The molecule has 1 heterocycles. The lowest BCUT2D eigenvalue weighted by atomic mass is 10.3. The van der Waals surface area contributed by atoms with E-state index in [0.717, 1.165) is 0 Å². The van der Waals surface area contributed by atoms with Crippen LogP contribution in [0, 0.1) is 0 Å². The minimum Gasteiger partial charge on any atom is -0.504 e. The van der Waals surface area contributed by atoms with Gasteiger partial charge in [-0.1, -0.05) is 30.3 Å². The van der Waals surface area contributed by atoms with E-state index in [1.165, 1.54) is 6.07 Å². The highest BCUT2D eigenvalue weighted by Gasteiger charge is 2.24. The standard InChI is InChI=1S/C20H22N2O5/c23-17-8-4-5-9-18(17)27-15-20(25)22-12-10-21(11-13-22)19(24)14-26-16-6-2-1-3-7-16/h1-9,23H,10-15H2. The van der Waals surface area contributed by atoms with Crippen molar-refractivity contribution in [1.82, 2.24) is 9.80 Å². The number of hydrogen-bond acceptors (Lipinski definition) is 5. The Bertz CT molecular complexity index is 773. The number of amides is 2. The third-order valence-corrected chi connectivity index (χ3v) is 4.31. The molecule has 0 spiro atoms. The predicted molar refractivity (Wildman–Crippen MR) is 98.7 cm³/mol. The van der Waals surface area contributed by atoms with Crippen LogP contribution in [0.5, 0.6) is 17.2 Å². The van der Waals surface area contributed by atoms with Gasteiger partial charge in [0.2, 0.25) is 0 Å². The molecule has 27 heavy (non-hydrogen) atoms. The van der Waals surface area contributed by atoms with E-state index in [4.69, 9.17) is 9.47 Å². The van der Waals surface area contributed by atoms with Crippen LogP contribution >= 0.6 is 0 Å². The van der Waals surface area contributed by atoms with E-state index in [1.54, 1.807) is 40.1 Å². The van der Waals surface area contributed by atoms with Crippen molar-refractivity contribution in [2.75, 3.05) is 39.4 Å². The van der Waals surface area contributed by atoms with Crippen LogP contribution in [-0.4, -0.2) is 66.1 Å². The lowest BCUT2D eigenvalue weighted by Crippen LogP contribution is -2.52. The summed E-state index contributed by atoms with van der Waals surface area (Å²) in [6.07, 6.45) is 0. The number of carbonyl (C=O) groups is 2. The quantitative estimate of drug-likeness (QED) is 0.834. The second-order valence-electron chi connectivity index (χ2n) is 6.12. The number of piperazine rings is 1. The molecule has 0 unspecified atom stereocenters. The Balaban J connectivity index is 1.40. The molecule has 0 atom stereocenters. The van der Waals surface area contributed by atoms with Crippen LogP contribution in [-0.2, 0) is 9.59 Å². The molecule has 1 aliphatic heterocycles. The molecular weight excluding hydrogens is 348 g/mol. The SMILES string of the molecule is O=C(COc1ccccc1)N1CCN(C(=O)COc2ccccc2O)CC1. The van der Waals surface area contributed by atoms with Gasteiger partial charge in [0.15, 0.2) is 24.7 Å². The zero-order valence-electron chi connectivity index (χ0n) is 14.9. The number of phenolic OH excluding ortho intramolecular Hbond substituents is 1. The van der Waals surface area contributed by atoms with E-state index in [1.807, 2.05) is 18.2 Å². The van der Waals surface area contributed by atoms with Crippen LogP contribution in [0.4, 0.5) is 0 Å². The Morgan fingerprint density at radius 3 is 1.89 bits per heavy atom. The number of para-hydroxylation sites is 3. The van der Waals surface area contributed by atoms with Crippen molar-refractivity contribution in [3.8, 4) is 17.2 Å². The molecule has 7 nitrogen and oxygen atoms in total. The van der Waals surface area contributed by atoms with Gasteiger partial charge in [0, 0.05) is 26.2 Å². The van der Waals surface area contributed by atoms with Crippen LogP contribution in [0.2, 0.25) is 0 Å². The average molecular weight is 370 g/mol. The fraction of sp³-hybridized carbons (Fsp3) is 0.300. The van der Waals surface area contributed by atoms with Gasteiger partial charge in [-0.3, -0.25) is 9.59 Å². The molecule has 0 radical (unpaired) electrons. The second kappa shape index (κ2) is 8.93. The first-order valence-electron chi connectivity index (χ1n) is 8.77. The molecule has 0 aliphatic carbocycles.